The van der Waals surface area contributed by atoms with Gasteiger partial charge in [-0.3, -0.25) is 4.90 Å². The van der Waals surface area contributed by atoms with Crippen LogP contribution in [0.2, 0.25) is 0 Å². The molecule has 1 N–H and O–H groups in total. The van der Waals surface area contributed by atoms with E-state index in [-0.39, 0.29) is 0 Å². The molecule has 0 bridgehead atoms. The van der Waals surface area contributed by atoms with Crippen LogP contribution in [0.3, 0.4) is 0 Å². The van der Waals surface area contributed by atoms with E-state index in [0.717, 1.165) is 24.5 Å². The van der Waals surface area contributed by atoms with E-state index in [1.807, 2.05) is 17.8 Å². The van der Waals surface area contributed by atoms with Gasteiger partial charge in [0, 0.05) is 46.0 Å². The number of thioether (sulfide) groups is 1. The van der Waals surface area contributed by atoms with E-state index < -0.39 is 5.97 Å². The third-order valence-electron chi connectivity index (χ3n) is 2.96. The number of carbonyl (C=O) groups is 1. The standard InChI is InChI=1S/C14H19NO2S2/c1-14(2)10-15(7-8-18-14)9-12-4-3-11(19-12)5-6-13(16)17/h3-6H,7-10H2,1-2H3,(H,16,17)/b6-5+. The van der Waals surface area contributed by atoms with Crippen LogP contribution >= 0.6 is 23.1 Å². The largest absolute Gasteiger partial charge is 0.478 e. The van der Waals surface area contributed by atoms with E-state index in [0.29, 0.717) is 4.75 Å². The summed E-state index contributed by atoms with van der Waals surface area (Å²) in [6.07, 6.45) is 2.85. The van der Waals surface area contributed by atoms with Gasteiger partial charge >= 0.3 is 5.97 Å². The van der Waals surface area contributed by atoms with Crippen molar-refractivity contribution in [3.05, 3.63) is 28.0 Å². The molecule has 19 heavy (non-hydrogen) atoms. The number of carboxylic acids is 1. The Morgan fingerprint density at radius 3 is 3.00 bits per heavy atom. The summed E-state index contributed by atoms with van der Waals surface area (Å²) in [6.45, 7) is 7.79. The maximum absolute atomic E-state index is 10.5. The lowest BCUT2D eigenvalue weighted by atomic mass is 10.2. The van der Waals surface area contributed by atoms with Crippen molar-refractivity contribution >= 4 is 35.1 Å². The average Bonchev–Trinajstić information content (AvgIpc) is 2.73. The molecule has 0 unspecified atom stereocenters. The molecule has 1 fully saturated rings. The van der Waals surface area contributed by atoms with Crippen molar-refractivity contribution in [2.24, 2.45) is 0 Å². The molecular formula is C14H19NO2S2. The van der Waals surface area contributed by atoms with Crippen molar-refractivity contribution in [3.63, 3.8) is 0 Å². The van der Waals surface area contributed by atoms with E-state index in [9.17, 15) is 4.79 Å². The Bertz CT molecular complexity index is 480. The summed E-state index contributed by atoms with van der Waals surface area (Å²) in [7, 11) is 0. The first-order chi connectivity index (χ1) is 8.94. The summed E-state index contributed by atoms with van der Waals surface area (Å²) in [6, 6.07) is 4.09. The highest BCUT2D eigenvalue weighted by atomic mass is 32.2. The minimum atomic E-state index is -0.898. The third kappa shape index (κ3) is 4.67. The van der Waals surface area contributed by atoms with Gasteiger partial charge in [0.15, 0.2) is 0 Å². The quantitative estimate of drug-likeness (QED) is 0.867. The fourth-order valence-corrected chi connectivity index (χ4v) is 4.33. The monoisotopic (exact) mass is 297 g/mol. The van der Waals surface area contributed by atoms with Gasteiger partial charge in [0.1, 0.15) is 0 Å². The Kier molecular flexibility index (Phi) is 4.71. The van der Waals surface area contributed by atoms with Crippen LogP contribution in [-0.2, 0) is 11.3 Å². The minimum Gasteiger partial charge on any atom is -0.478 e. The zero-order valence-corrected chi connectivity index (χ0v) is 12.9. The van der Waals surface area contributed by atoms with Gasteiger partial charge in [-0.05, 0) is 32.1 Å². The highest BCUT2D eigenvalue weighted by Crippen LogP contribution is 2.31. The summed E-state index contributed by atoms with van der Waals surface area (Å²) in [5.74, 6) is 0.286. The molecule has 1 aliphatic heterocycles. The first kappa shape index (κ1) is 14.6. The molecule has 0 radical (unpaired) electrons. The highest BCUT2D eigenvalue weighted by molar-refractivity contribution is 8.00. The molecule has 1 aromatic rings. The summed E-state index contributed by atoms with van der Waals surface area (Å²) >= 11 is 3.71. The fourth-order valence-electron chi connectivity index (χ4n) is 2.19. The molecule has 104 valence electrons. The maximum atomic E-state index is 10.5. The Morgan fingerprint density at radius 2 is 2.32 bits per heavy atom. The predicted octanol–water partition coefficient (Wildman–Crippen LogP) is 3.17. The normalized spacial score (nSPS) is 19.9. The highest BCUT2D eigenvalue weighted by Gasteiger charge is 2.26. The van der Waals surface area contributed by atoms with Crippen molar-refractivity contribution in [3.8, 4) is 0 Å². The predicted molar refractivity (Wildman–Crippen MR) is 82.8 cm³/mol. The van der Waals surface area contributed by atoms with Gasteiger partial charge in [0.25, 0.3) is 0 Å². The average molecular weight is 297 g/mol. The second kappa shape index (κ2) is 6.11. The van der Waals surface area contributed by atoms with Crippen LogP contribution in [0.5, 0.6) is 0 Å². The van der Waals surface area contributed by atoms with E-state index in [4.69, 9.17) is 5.11 Å². The van der Waals surface area contributed by atoms with Gasteiger partial charge in [-0.15, -0.1) is 11.3 Å². The molecule has 2 heterocycles. The molecule has 2 rings (SSSR count). The Hall–Kier alpha value is -0.780. The van der Waals surface area contributed by atoms with Crippen LogP contribution in [0.25, 0.3) is 6.08 Å². The van der Waals surface area contributed by atoms with Gasteiger partial charge in [-0.1, -0.05) is 0 Å². The van der Waals surface area contributed by atoms with Gasteiger partial charge in [0.2, 0.25) is 0 Å². The van der Waals surface area contributed by atoms with Crippen molar-refractivity contribution in [2.45, 2.75) is 25.1 Å². The Balaban J connectivity index is 1.94. The molecule has 0 aliphatic carbocycles. The van der Waals surface area contributed by atoms with Crippen molar-refractivity contribution < 1.29 is 9.90 Å². The Labute approximate surface area is 122 Å². The number of hydrogen-bond acceptors (Lipinski definition) is 4. The lowest BCUT2D eigenvalue weighted by molar-refractivity contribution is -0.131. The Morgan fingerprint density at radius 1 is 1.53 bits per heavy atom. The smallest absolute Gasteiger partial charge is 0.328 e. The van der Waals surface area contributed by atoms with E-state index in [2.05, 4.69) is 24.8 Å². The lowest BCUT2D eigenvalue weighted by Gasteiger charge is -2.37. The number of nitrogens with zero attached hydrogens (tertiary/aromatic N) is 1. The zero-order valence-electron chi connectivity index (χ0n) is 11.3. The van der Waals surface area contributed by atoms with Crippen LogP contribution in [-0.4, -0.2) is 39.6 Å². The molecule has 0 atom stereocenters. The van der Waals surface area contributed by atoms with Crippen LogP contribution in [0, 0.1) is 0 Å². The van der Waals surface area contributed by atoms with Crippen molar-refractivity contribution in [1.29, 1.82) is 0 Å². The third-order valence-corrected chi connectivity index (χ3v) is 5.29. The van der Waals surface area contributed by atoms with Crippen LogP contribution in [0.1, 0.15) is 23.6 Å². The molecule has 0 amide bonds. The fraction of sp³-hybridized carbons (Fsp3) is 0.500. The molecule has 1 saturated heterocycles. The van der Waals surface area contributed by atoms with Gasteiger partial charge < -0.3 is 5.11 Å². The number of rotatable bonds is 4. The molecule has 0 spiro atoms. The molecule has 0 aromatic carbocycles. The number of carboxylic acid groups (broad SMARTS) is 1. The topological polar surface area (TPSA) is 40.5 Å². The second-order valence-corrected chi connectivity index (χ2v) is 8.30. The van der Waals surface area contributed by atoms with Crippen molar-refractivity contribution in [1.82, 2.24) is 4.90 Å². The summed E-state index contributed by atoms with van der Waals surface area (Å²) in [5.41, 5.74) is 0. The van der Waals surface area contributed by atoms with Gasteiger partial charge in [-0.2, -0.15) is 11.8 Å². The second-order valence-electron chi connectivity index (χ2n) is 5.29. The van der Waals surface area contributed by atoms with E-state index in [1.165, 1.54) is 16.7 Å². The maximum Gasteiger partial charge on any atom is 0.328 e. The molecule has 0 saturated carbocycles. The van der Waals surface area contributed by atoms with E-state index >= 15 is 0 Å². The van der Waals surface area contributed by atoms with Crippen LogP contribution < -0.4 is 0 Å². The minimum absolute atomic E-state index is 0.335. The molecule has 3 nitrogen and oxygen atoms in total. The number of aliphatic carboxylic acids is 1. The summed E-state index contributed by atoms with van der Waals surface area (Å²) in [4.78, 5) is 15.3. The molecule has 1 aromatic heterocycles. The molecule has 5 heteroatoms. The zero-order chi connectivity index (χ0) is 13.9. The number of hydrogen-bond donors (Lipinski definition) is 1. The molecule has 1 aliphatic rings. The lowest BCUT2D eigenvalue weighted by Crippen LogP contribution is -2.42. The van der Waals surface area contributed by atoms with Crippen LogP contribution in [0.4, 0.5) is 0 Å². The van der Waals surface area contributed by atoms with Crippen molar-refractivity contribution in [2.75, 3.05) is 18.8 Å². The first-order valence-corrected chi connectivity index (χ1v) is 8.11. The van der Waals surface area contributed by atoms with Gasteiger partial charge in [0.05, 0.1) is 0 Å². The summed E-state index contributed by atoms with van der Waals surface area (Å²) in [5, 5.41) is 8.61. The van der Waals surface area contributed by atoms with Crippen LogP contribution in [0.15, 0.2) is 18.2 Å². The van der Waals surface area contributed by atoms with E-state index in [1.54, 1.807) is 17.4 Å². The number of thiophene rings is 1. The van der Waals surface area contributed by atoms with Gasteiger partial charge in [-0.25, -0.2) is 4.79 Å². The molecular weight excluding hydrogens is 278 g/mol. The SMILES string of the molecule is CC1(C)CN(Cc2ccc(/C=C/C(=O)O)s2)CCS1. The summed E-state index contributed by atoms with van der Waals surface area (Å²) < 4.78 is 0.335. The first-order valence-electron chi connectivity index (χ1n) is 6.31.